The lowest BCUT2D eigenvalue weighted by molar-refractivity contribution is -0.384. The number of anilines is 1. The van der Waals surface area contributed by atoms with Gasteiger partial charge in [-0.15, -0.1) is 0 Å². The number of nitrogens with zero attached hydrogens (tertiary/aromatic N) is 1. The summed E-state index contributed by atoms with van der Waals surface area (Å²) in [5.41, 5.74) is -0.197. The molecule has 2 amide bonds. The monoisotopic (exact) mass is 343 g/mol. The van der Waals surface area contributed by atoms with Gasteiger partial charge in [0, 0.05) is 25.2 Å². The zero-order valence-electron chi connectivity index (χ0n) is 12.1. The molecule has 0 saturated carbocycles. The number of amides is 2. The van der Waals surface area contributed by atoms with Gasteiger partial charge in [-0.1, -0.05) is 11.6 Å². The highest BCUT2D eigenvalue weighted by Crippen LogP contribution is 2.27. The molecule has 23 heavy (non-hydrogen) atoms. The Balaban J connectivity index is 2.45. The average molecular weight is 344 g/mol. The van der Waals surface area contributed by atoms with E-state index in [-0.39, 0.29) is 35.3 Å². The molecule has 0 spiro atoms. The molecule has 0 saturated heterocycles. The van der Waals surface area contributed by atoms with E-state index in [1.54, 1.807) is 0 Å². The van der Waals surface area contributed by atoms with E-state index in [2.05, 4.69) is 10.6 Å². The Morgan fingerprint density at radius 1 is 1.35 bits per heavy atom. The van der Waals surface area contributed by atoms with Crippen molar-refractivity contribution in [3.63, 3.8) is 0 Å². The molecule has 9 nitrogen and oxygen atoms in total. The number of rotatable bonds is 7. The Hall–Kier alpha value is -2.68. The standard InChI is InChI=1S/C13H14ClN3O6/c1-8(18)15-5-4-13(20)23-7-12(19)16-9-2-3-10(14)11(6-9)17(21)22/h2-3,6H,4-5,7H2,1H3,(H,15,18)(H,16,19). The highest BCUT2D eigenvalue weighted by molar-refractivity contribution is 6.32. The van der Waals surface area contributed by atoms with Crippen molar-refractivity contribution in [3.8, 4) is 0 Å². The first-order valence-electron chi connectivity index (χ1n) is 6.43. The minimum Gasteiger partial charge on any atom is -0.456 e. The summed E-state index contributed by atoms with van der Waals surface area (Å²) in [5.74, 6) is -1.59. The SMILES string of the molecule is CC(=O)NCCC(=O)OCC(=O)Nc1ccc(Cl)c([N+](=O)[O-])c1. The van der Waals surface area contributed by atoms with Gasteiger partial charge in [0.25, 0.3) is 11.6 Å². The summed E-state index contributed by atoms with van der Waals surface area (Å²) in [4.78, 5) is 43.6. The summed E-state index contributed by atoms with van der Waals surface area (Å²) in [5, 5.41) is 15.4. The van der Waals surface area contributed by atoms with Crippen molar-refractivity contribution in [2.75, 3.05) is 18.5 Å². The number of benzene rings is 1. The van der Waals surface area contributed by atoms with Crippen LogP contribution in [0.5, 0.6) is 0 Å². The fourth-order valence-electron chi connectivity index (χ4n) is 1.49. The van der Waals surface area contributed by atoms with Gasteiger partial charge in [0.1, 0.15) is 5.02 Å². The normalized spacial score (nSPS) is 9.83. The topological polar surface area (TPSA) is 128 Å². The average Bonchev–Trinajstić information content (AvgIpc) is 2.46. The highest BCUT2D eigenvalue weighted by atomic mass is 35.5. The zero-order chi connectivity index (χ0) is 17.4. The first-order chi connectivity index (χ1) is 10.8. The van der Waals surface area contributed by atoms with Crippen LogP contribution in [0.25, 0.3) is 0 Å². The second kappa shape index (κ2) is 8.69. The van der Waals surface area contributed by atoms with Gasteiger partial charge in [0.15, 0.2) is 6.61 Å². The summed E-state index contributed by atoms with van der Waals surface area (Å²) in [6, 6.07) is 3.75. The number of nitro benzene ring substituents is 1. The van der Waals surface area contributed by atoms with Crippen LogP contribution in [0.15, 0.2) is 18.2 Å². The molecule has 1 aromatic carbocycles. The second-order valence-electron chi connectivity index (χ2n) is 4.37. The van der Waals surface area contributed by atoms with Gasteiger partial charge in [-0.05, 0) is 12.1 Å². The van der Waals surface area contributed by atoms with E-state index in [4.69, 9.17) is 16.3 Å². The van der Waals surface area contributed by atoms with Crippen LogP contribution in [0.1, 0.15) is 13.3 Å². The minimum absolute atomic E-state index is 0.0580. The summed E-state index contributed by atoms with van der Waals surface area (Å²) >= 11 is 5.65. The van der Waals surface area contributed by atoms with Crippen LogP contribution in [-0.4, -0.2) is 35.9 Å². The van der Waals surface area contributed by atoms with Gasteiger partial charge >= 0.3 is 5.97 Å². The second-order valence-corrected chi connectivity index (χ2v) is 4.77. The van der Waals surface area contributed by atoms with Crippen LogP contribution in [-0.2, 0) is 19.1 Å². The van der Waals surface area contributed by atoms with Crippen LogP contribution < -0.4 is 10.6 Å². The maximum Gasteiger partial charge on any atom is 0.308 e. The molecular weight excluding hydrogens is 330 g/mol. The molecule has 0 radical (unpaired) electrons. The Kier molecular flexibility index (Phi) is 6.94. The molecule has 10 heteroatoms. The lowest BCUT2D eigenvalue weighted by Gasteiger charge is -2.07. The molecule has 0 fully saturated rings. The van der Waals surface area contributed by atoms with Crippen molar-refractivity contribution in [2.45, 2.75) is 13.3 Å². The van der Waals surface area contributed by atoms with Crippen LogP contribution in [0.2, 0.25) is 5.02 Å². The molecule has 0 unspecified atom stereocenters. The van der Waals surface area contributed by atoms with Crippen LogP contribution in [0, 0.1) is 10.1 Å². The zero-order valence-corrected chi connectivity index (χ0v) is 12.9. The van der Waals surface area contributed by atoms with Crippen molar-refractivity contribution in [3.05, 3.63) is 33.3 Å². The Morgan fingerprint density at radius 3 is 2.65 bits per heavy atom. The lowest BCUT2D eigenvalue weighted by atomic mass is 10.3. The number of nitrogens with one attached hydrogen (secondary N) is 2. The van der Waals surface area contributed by atoms with Gasteiger partial charge in [-0.2, -0.15) is 0 Å². The van der Waals surface area contributed by atoms with Gasteiger partial charge in [-0.25, -0.2) is 0 Å². The Bertz CT molecular complexity index is 634. The largest absolute Gasteiger partial charge is 0.456 e. The third-order valence-electron chi connectivity index (χ3n) is 2.49. The Morgan fingerprint density at radius 2 is 2.04 bits per heavy atom. The van der Waals surface area contributed by atoms with Gasteiger partial charge in [0.05, 0.1) is 11.3 Å². The molecule has 0 bridgehead atoms. The van der Waals surface area contributed by atoms with Crippen LogP contribution in [0.3, 0.4) is 0 Å². The van der Waals surface area contributed by atoms with E-state index in [1.807, 2.05) is 0 Å². The summed E-state index contributed by atoms with van der Waals surface area (Å²) in [6.07, 6.45) is -0.0702. The molecule has 1 rings (SSSR count). The smallest absolute Gasteiger partial charge is 0.308 e. The molecule has 0 aliphatic carbocycles. The number of esters is 1. The van der Waals surface area contributed by atoms with Crippen molar-refractivity contribution in [1.29, 1.82) is 0 Å². The predicted molar refractivity (Wildman–Crippen MR) is 81.0 cm³/mol. The van der Waals surface area contributed by atoms with Gasteiger partial charge < -0.3 is 15.4 Å². The first kappa shape index (κ1) is 18.4. The van der Waals surface area contributed by atoms with E-state index in [0.717, 1.165) is 6.07 Å². The number of nitro groups is 1. The summed E-state index contributed by atoms with van der Waals surface area (Å²) < 4.78 is 4.70. The quantitative estimate of drug-likeness (QED) is 0.435. The molecule has 0 heterocycles. The highest BCUT2D eigenvalue weighted by Gasteiger charge is 2.14. The molecule has 0 aliphatic rings. The van der Waals surface area contributed by atoms with E-state index in [0.29, 0.717) is 0 Å². The molecule has 1 aromatic rings. The van der Waals surface area contributed by atoms with Crippen molar-refractivity contribution in [1.82, 2.24) is 5.32 Å². The third kappa shape index (κ3) is 6.74. The molecule has 2 N–H and O–H groups in total. The molecule has 0 atom stereocenters. The number of carbonyl (C=O) groups is 3. The van der Waals surface area contributed by atoms with Crippen molar-refractivity contribution >= 4 is 40.8 Å². The van der Waals surface area contributed by atoms with Gasteiger partial charge in [-0.3, -0.25) is 24.5 Å². The molecule has 0 aromatic heterocycles. The van der Waals surface area contributed by atoms with Crippen LogP contribution >= 0.6 is 11.6 Å². The fourth-order valence-corrected chi connectivity index (χ4v) is 1.67. The number of carbonyl (C=O) groups excluding carboxylic acids is 3. The number of hydrogen-bond acceptors (Lipinski definition) is 6. The third-order valence-corrected chi connectivity index (χ3v) is 2.81. The predicted octanol–water partition coefficient (Wildman–Crippen LogP) is 1.26. The van der Waals surface area contributed by atoms with E-state index < -0.39 is 23.4 Å². The van der Waals surface area contributed by atoms with E-state index in [9.17, 15) is 24.5 Å². The first-order valence-corrected chi connectivity index (χ1v) is 6.81. The van der Waals surface area contributed by atoms with E-state index in [1.165, 1.54) is 19.1 Å². The summed E-state index contributed by atoms with van der Waals surface area (Å²) in [7, 11) is 0. The number of halogens is 1. The Labute approximate surface area is 136 Å². The van der Waals surface area contributed by atoms with Gasteiger partial charge in [0.2, 0.25) is 5.91 Å². The molecular formula is C13H14ClN3O6. The molecule has 0 aliphatic heterocycles. The maximum absolute atomic E-state index is 11.6. The lowest BCUT2D eigenvalue weighted by Crippen LogP contribution is -2.25. The molecule has 124 valence electrons. The number of hydrogen-bond donors (Lipinski definition) is 2. The minimum atomic E-state index is -0.681. The van der Waals surface area contributed by atoms with E-state index >= 15 is 0 Å². The van der Waals surface area contributed by atoms with Crippen molar-refractivity contribution in [2.24, 2.45) is 0 Å². The number of ether oxygens (including phenoxy) is 1. The maximum atomic E-state index is 11.6. The summed E-state index contributed by atoms with van der Waals surface area (Å²) in [6.45, 7) is 0.874. The fraction of sp³-hybridized carbons (Fsp3) is 0.308. The van der Waals surface area contributed by atoms with Crippen molar-refractivity contribution < 1.29 is 24.0 Å². The van der Waals surface area contributed by atoms with Crippen LogP contribution in [0.4, 0.5) is 11.4 Å².